The molecule has 3 fully saturated rings. The first kappa shape index (κ1) is 116. The molecule has 4 aromatic heterocycles. The largest absolute Gasteiger partial charge is 2.00 e. The molecule has 0 saturated carbocycles. The Morgan fingerprint density at radius 1 is 0.593 bits per heavy atom. The Kier molecular flexibility index (Phi) is 60.6. The van der Waals surface area contributed by atoms with Crippen molar-refractivity contribution in [2.45, 2.75) is 218 Å². The molecule has 5 aliphatic heterocycles. The first-order chi connectivity index (χ1) is 51.2. The average molecular weight is 1830 g/mol. The van der Waals surface area contributed by atoms with E-state index in [0.29, 0.717) is 49.3 Å². The quantitative estimate of drug-likeness (QED) is 0.0261. The maximum absolute atomic E-state index is 5.99. The van der Waals surface area contributed by atoms with Gasteiger partial charge in [0.05, 0.1) is 93.6 Å². The van der Waals surface area contributed by atoms with E-state index in [4.69, 9.17) is 72.5 Å². The van der Waals surface area contributed by atoms with Gasteiger partial charge < -0.3 is 104 Å². The fraction of sp³-hybridized carbons (Fsp3) is 0.560. The summed E-state index contributed by atoms with van der Waals surface area (Å²) in [5, 5.41) is 17.0. The standard InChI is InChI=1S/C14H19N3O2.2C13H23BN2O3.C7H15BO3.C7H11BrN2O.C7H8BrNO.C4H4BrN.C4H5N.C3H7.C3H6.BHNS.2ClH.Li.Mg/c1-4-19-10(2)17-9-11(8-16-17)12-6-5-7-13(15)14(12)18-3;2*1-7-17-10(2)16-9-11(8-15-16)14-18-12(3,4)13(5,6)19-14;1-6(2)7(3,4)11-8(9-5)10-6;1-3-11-6(2)10-5-7(8)4-9-10;1-10-7-5(8)3-2-4-6(7)9;5-4-1-2-6-3-4;1-2-4-5-3-1;2*1-3-2;1-2-3;;;;/h5-10H,4,15H2,1-3H3;2*8-10H,7H2,1-6H3;1-5H3;4-6H,3H2,1-2H3;2-4H,9H2,1H3;1,3H,2H2;1-3H,4H2;3H,1-2H3;3H,1H2,2H3;3H;2*1H;;/q;;;;;;;;-1;;;;;+1;+2/p-2. The Balaban J connectivity index is -0.000000604. The van der Waals surface area contributed by atoms with E-state index in [1.165, 1.54) is 0 Å². The van der Waals surface area contributed by atoms with Crippen LogP contribution in [0.4, 0.5) is 11.4 Å². The van der Waals surface area contributed by atoms with Gasteiger partial charge in [0.15, 0.2) is 5.75 Å². The summed E-state index contributed by atoms with van der Waals surface area (Å²) in [5.41, 5.74) is 14.6. The number of nitrogens with two attached hydrogens (primary N) is 2. The molecule has 4 N–H and O–H groups in total. The van der Waals surface area contributed by atoms with E-state index >= 15 is 0 Å². The molecule has 0 amide bonds. The predicted molar refractivity (Wildman–Crippen MR) is 465 cm³/mol. The van der Waals surface area contributed by atoms with Crippen molar-refractivity contribution in [3.63, 3.8) is 0 Å². The third-order valence-corrected chi connectivity index (χ3v) is 18.5. The number of aromatic nitrogens is 8. The second-order valence-electron chi connectivity index (χ2n) is 26.9. The van der Waals surface area contributed by atoms with Crippen molar-refractivity contribution in [2.24, 2.45) is 14.3 Å². The van der Waals surface area contributed by atoms with Crippen LogP contribution in [0.2, 0.25) is 0 Å². The van der Waals surface area contributed by atoms with Gasteiger partial charge in [-0.2, -0.15) is 34.2 Å². The zero-order chi connectivity index (χ0) is 82.9. The summed E-state index contributed by atoms with van der Waals surface area (Å²) in [7, 11) is 7.87. The van der Waals surface area contributed by atoms with Crippen LogP contribution < -0.4 is 75.5 Å². The van der Waals surface area contributed by atoms with Crippen LogP contribution in [0.15, 0.2) is 145 Å². The number of methoxy groups -OCH3 is 2. The Bertz CT molecular complexity index is 3530. The van der Waals surface area contributed by atoms with Crippen molar-refractivity contribution in [3.8, 4) is 22.6 Å². The molecule has 11 rings (SSSR count). The average Bonchev–Trinajstić information content (AvgIpc) is 1.65. The molecular formula is C75H122B4Br3Cl2LiMgN13O13S. The number of anilines is 2. The van der Waals surface area contributed by atoms with Gasteiger partial charge in [-0.05, 0) is 224 Å². The molecule has 113 heavy (non-hydrogen) atoms. The molecule has 0 spiro atoms. The molecule has 0 aliphatic carbocycles. The van der Waals surface area contributed by atoms with E-state index in [0.717, 1.165) is 48.6 Å². The molecule has 6 aromatic rings. The molecule has 4 atom stereocenters. The van der Waals surface area contributed by atoms with Gasteiger partial charge in [0, 0.05) is 110 Å². The van der Waals surface area contributed by atoms with Gasteiger partial charge in [0.1, 0.15) is 30.7 Å². The molecule has 26 nitrogen and oxygen atoms in total. The molecule has 9 heterocycles. The number of allylic oxidation sites excluding steroid dienone is 3. The van der Waals surface area contributed by atoms with Gasteiger partial charge >= 0.3 is 88.2 Å². The van der Waals surface area contributed by atoms with E-state index in [1.807, 2.05) is 239 Å². The zero-order valence-electron chi connectivity index (χ0n) is 71.6. The number of ether oxygens (including phenoxy) is 6. The summed E-state index contributed by atoms with van der Waals surface area (Å²) in [6.45, 7) is 53.7. The number of hydrogen-bond acceptors (Lipinski definition) is 23. The number of rotatable bonds is 18. The van der Waals surface area contributed by atoms with E-state index < -0.39 is 7.32 Å². The van der Waals surface area contributed by atoms with Gasteiger partial charge in [-0.3, -0.25) is 9.98 Å². The number of para-hydroxylation sites is 2. The van der Waals surface area contributed by atoms with Crippen molar-refractivity contribution < 1.29 is 105 Å². The summed E-state index contributed by atoms with van der Waals surface area (Å²) >= 11 is 13.1. The Morgan fingerprint density at radius 3 is 1.22 bits per heavy atom. The van der Waals surface area contributed by atoms with Crippen molar-refractivity contribution in [1.29, 1.82) is 0 Å². The van der Waals surface area contributed by atoms with E-state index in [2.05, 4.69) is 110 Å². The number of thiol groups is 1. The fourth-order valence-electron chi connectivity index (χ4n) is 9.04. The van der Waals surface area contributed by atoms with E-state index in [-0.39, 0.29) is 139 Å². The molecule has 5 aliphatic rings. The number of nitrogen functional groups attached to an aromatic ring is 2. The van der Waals surface area contributed by atoms with Gasteiger partial charge in [0.2, 0.25) is 0 Å². The number of aliphatic imine (C=N–C) groups is 2. The summed E-state index contributed by atoms with van der Waals surface area (Å²) < 4.78 is 84.8. The molecule has 621 valence electrons. The molecular weight excluding hydrogens is 1710 g/mol. The molecule has 3 saturated heterocycles. The Hall–Kier alpha value is -3.61. The van der Waals surface area contributed by atoms with Crippen LogP contribution in [0.1, 0.15) is 184 Å². The van der Waals surface area contributed by atoms with Crippen LogP contribution >= 0.6 is 60.6 Å². The topological polar surface area (TPSA) is 280 Å². The number of halogens is 5. The fourth-order valence-corrected chi connectivity index (χ4v) is 10.2. The molecule has 38 heteroatoms. The smallest absolute Gasteiger partial charge is 1.00 e. The van der Waals surface area contributed by atoms with Crippen molar-refractivity contribution >= 4 is 148 Å². The summed E-state index contributed by atoms with van der Waals surface area (Å²) in [5.74, 6) is 1.37. The van der Waals surface area contributed by atoms with Crippen LogP contribution in [0.5, 0.6) is 11.5 Å². The second kappa shape index (κ2) is 59.1. The third kappa shape index (κ3) is 39.9. The monoisotopic (exact) mass is 1830 g/mol. The maximum atomic E-state index is 5.99. The Morgan fingerprint density at radius 2 is 0.947 bits per heavy atom. The van der Waals surface area contributed by atoms with Gasteiger partial charge in [-0.15, -0.1) is 6.58 Å². The zero-order valence-corrected chi connectivity index (χ0v) is 80.2. The number of hydrogen-bond donors (Lipinski definition) is 3. The van der Waals surface area contributed by atoms with Gasteiger partial charge in [0.25, 0.3) is 0 Å². The molecule has 0 bridgehead atoms. The van der Waals surface area contributed by atoms with Crippen LogP contribution in [0, 0.1) is 6.42 Å². The normalized spacial score (nSPS) is 16.7. The van der Waals surface area contributed by atoms with Gasteiger partial charge in [-0.25, -0.2) is 18.7 Å². The third-order valence-electron chi connectivity index (χ3n) is 16.9. The summed E-state index contributed by atoms with van der Waals surface area (Å²) in [6, 6.07) is 11.2. The molecule has 4 unspecified atom stereocenters. The van der Waals surface area contributed by atoms with E-state index in [1.54, 1.807) is 89.4 Å². The Labute approximate surface area is 748 Å². The molecule has 1 radical (unpaired) electrons. The van der Waals surface area contributed by atoms with Crippen molar-refractivity contribution in [2.75, 3.05) is 72.3 Å². The predicted octanol–water partition coefficient (Wildman–Crippen LogP) is 6.85. The SMILES string of the molecule is BrC1=CCN=C1.C1=CCN=C1.C=CC.CCOC(C)n1cc(-c2cccc(N)c2OC)cn1.CCOC(C)n1cc(B2OC(C)(C)C(C)(C)O2)cn1.CCOC(C)n1cc(B2OC(C)(C)C(C)(C)O2)cn1.CCOC(C)n1cc(Br)cn1.COB1OC(C)(C)C(C)(C)O1.COc1c(N)cccc1Br.C[CH-]C.[B]=NS.[Cl-].[Cl-].[Li+].[Mg+2]. The van der Waals surface area contributed by atoms with Crippen molar-refractivity contribution in [3.05, 3.63) is 137 Å². The number of nitrogens with zero attached hydrogens (tertiary/aromatic N) is 11. The minimum absolute atomic E-state index is 0. The minimum atomic E-state index is -0.514. The maximum Gasteiger partial charge on any atom is 2.00 e. The summed E-state index contributed by atoms with van der Waals surface area (Å²) in [4.78, 5) is 7.75. The first-order valence-electron chi connectivity index (χ1n) is 36.0. The van der Waals surface area contributed by atoms with E-state index in [9.17, 15) is 0 Å². The number of benzene rings is 2. The van der Waals surface area contributed by atoms with Crippen LogP contribution in [0.3, 0.4) is 0 Å². The van der Waals surface area contributed by atoms with Crippen LogP contribution in [-0.4, -0.2) is 198 Å². The molecule has 2 aromatic carbocycles. The van der Waals surface area contributed by atoms with Crippen LogP contribution in [-0.2, 0) is 51.5 Å². The van der Waals surface area contributed by atoms with Crippen LogP contribution in [0.25, 0.3) is 11.1 Å². The second-order valence-corrected chi connectivity index (χ2v) is 29.9. The van der Waals surface area contributed by atoms with Crippen molar-refractivity contribution in [1.82, 2.24) is 39.1 Å². The van der Waals surface area contributed by atoms with Gasteiger partial charge in [-0.1, -0.05) is 30.4 Å². The first-order valence-corrected chi connectivity index (χ1v) is 38.7. The summed E-state index contributed by atoms with van der Waals surface area (Å²) in [6.07, 6.45) is 27.8. The minimum Gasteiger partial charge on any atom is -1.00 e.